The van der Waals surface area contributed by atoms with E-state index in [9.17, 15) is 18.3 Å². The van der Waals surface area contributed by atoms with Gasteiger partial charge in [-0.25, -0.2) is 8.42 Å². The number of aliphatic hydroxyl groups excluding tert-OH is 1. The van der Waals surface area contributed by atoms with Crippen LogP contribution in [0.1, 0.15) is 19.8 Å². The topological polar surface area (TPSA) is 86.7 Å². The Balaban J connectivity index is 2.03. The van der Waals surface area contributed by atoms with Crippen LogP contribution in [-0.2, 0) is 14.6 Å². The maximum Gasteiger partial charge on any atom is 0.240 e. The second-order valence-electron chi connectivity index (χ2n) is 5.03. The number of hydrogen-bond acceptors (Lipinski definition) is 5. The van der Waals surface area contributed by atoms with Crippen molar-refractivity contribution in [3.05, 3.63) is 0 Å². The van der Waals surface area contributed by atoms with E-state index in [-0.39, 0.29) is 29.5 Å². The zero-order valence-corrected chi connectivity index (χ0v) is 11.3. The van der Waals surface area contributed by atoms with Crippen molar-refractivity contribution in [2.45, 2.75) is 38.0 Å². The molecule has 0 aromatic rings. The number of sulfone groups is 1. The lowest BCUT2D eigenvalue weighted by Crippen LogP contribution is -2.48. The summed E-state index contributed by atoms with van der Waals surface area (Å²) in [5.41, 5.74) is 0. The van der Waals surface area contributed by atoms with Gasteiger partial charge >= 0.3 is 0 Å². The third kappa shape index (κ3) is 2.84. The van der Waals surface area contributed by atoms with Crippen LogP contribution in [0.15, 0.2) is 0 Å². The fourth-order valence-corrected chi connectivity index (χ4v) is 4.45. The van der Waals surface area contributed by atoms with Crippen molar-refractivity contribution in [1.29, 1.82) is 0 Å². The summed E-state index contributed by atoms with van der Waals surface area (Å²) in [5, 5.41) is 12.4. The molecule has 0 radical (unpaired) electrons. The average Bonchev–Trinajstić information content (AvgIpc) is 2.86. The smallest absolute Gasteiger partial charge is 0.240 e. The van der Waals surface area contributed by atoms with Crippen LogP contribution in [0, 0.1) is 0 Å². The van der Waals surface area contributed by atoms with Crippen LogP contribution in [-0.4, -0.2) is 67.1 Å². The van der Waals surface area contributed by atoms with Gasteiger partial charge in [-0.2, -0.15) is 0 Å². The zero-order chi connectivity index (χ0) is 13.3. The minimum Gasteiger partial charge on any atom is -0.392 e. The van der Waals surface area contributed by atoms with Crippen molar-refractivity contribution >= 4 is 15.7 Å². The van der Waals surface area contributed by atoms with Crippen LogP contribution in [0.3, 0.4) is 0 Å². The molecule has 1 amide bonds. The Morgan fingerprint density at radius 2 is 2.22 bits per heavy atom. The molecule has 0 aromatic carbocycles. The molecule has 0 bridgehead atoms. The van der Waals surface area contributed by atoms with Gasteiger partial charge in [0.15, 0.2) is 9.84 Å². The van der Waals surface area contributed by atoms with Gasteiger partial charge in [-0.1, -0.05) is 0 Å². The van der Waals surface area contributed by atoms with E-state index in [1.807, 2.05) is 6.92 Å². The van der Waals surface area contributed by atoms with Gasteiger partial charge in [-0.15, -0.1) is 0 Å². The number of β-amino-alcohol motifs (C(OH)–C–C–N with tert-alkyl or cyclic N) is 1. The number of rotatable bonds is 3. The lowest BCUT2D eigenvalue weighted by molar-refractivity contribution is -0.134. The Bertz CT molecular complexity index is 423. The van der Waals surface area contributed by atoms with E-state index in [1.54, 1.807) is 4.90 Å². The molecule has 2 heterocycles. The van der Waals surface area contributed by atoms with Crippen molar-refractivity contribution in [2.75, 3.05) is 24.6 Å². The van der Waals surface area contributed by atoms with Crippen LogP contribution in [0.5, 0.6) is 0 Å². The number of nitrogens with zero attached hydrogens (tertiary/aromatic N) is 1. The highest BCUT2D eigenvalue weighted by atomic mass is 32.2. The number of hydrogen-bond donors (Lipinski definition) is 2. The fraction of sp³-hybridized carbons (Fsp3) is 0.909. The molecule has 2 N–H and O–H groups in total. The predicted octanol–water partition coefficient (Wildman–Crippen LogP) is -1.26. The SMILES string of the molecule is CCN(C(=O)C1CC(O)CN1)C1CCS(=O)(=O)C1. The molecule has 0 aliphatic carbocycles. The zero-order valence-electron chi connectivity index (χ0n) is 10.5. The van der Waals surface area contributed by atoms with E-state index in [0.29, 0.717) is 25.9 Å². The average molecular weight is 276 g/mol. The molecule has 6 nitrogen and oxygen atoms in total. The van der Waals surface area contributed by atoms with E-state index in [0.717, 1.165) is 0 Å². The highest BCUT2D eigenvalue weighted by Crippen LogP contribution is 2.20. The van der Waals surface area contributed by atoms with Crippen molar-refractivity contribution in [3.63, 3.8) is 0 Å². The molecule has 3 unspecified atom stereocenters. The first-order valence-electron chi connectivity index (χ1n) is 6.35. The monoisotopic (exact) mass is 276 g/mol. The van der Waals surface area contributed by atoms with Gasteiger partial charge in [0, 0.05) is 19.1 Å². The first-order chi connectivity index (χ1) is 8.43. The first-order valence-corrected chi connectivity index (χ1v) is 8.17. The van der Waals surface area contributed by atoms with Crippen LogP contribution in [0.2, 0.25) is 0 Å². The number of nitrogens with one attached hydrogen (secondary N) is 1. The Morgan fingerprint density at radius 1 is 1.50 bits per heavy atom. The summed E-state index contributed by atoms with van der Waals surface area (Å²) in [6.45, 7) is 2.79. The Kier molecular flexibility index (Phi) is 3.93. The van der Waals surface area contributed by atoms with Crippen LogP contribution >= 0.6 is 0 Å². The minimum absolute atomic E-state index is 0.0713. The molecule has 18 heavy (non-hydrogen) atoms. The van der Waals surface area contributed by atoms with Crippen molar-refractivity contribution in [2.24, 2.45) is 0 Å². The van der Waals surface area contributed by atoms with E-state index in [1.165, 1.54) is 0 Å². The Hall–Kier alpha value is -0.660. The molecule has 2 fully saturated rings. The Morgan fingerprint density at radius 3 is 2.67 bits per heavy atom. The number of likely N-dealkylation sites (N-methyl/N-ethyl adjacent to an activating group) is 1. The molecule has 0 aromatic heterocycles. The summed E-state index contributed by atoms with van der Waals surface area (Å²) in [6.07, 6.45) is 0.455. The summed E-state index contributed by atoms with van der Waals surface area (Å²) in [5.74, 6) is 0.153. The van der Waals surface area contributed by atoms with Gasteiger partial charge in [-0.3, -0.25) is 4.79 Å². The molecule has 2 saturated heterocycles. The predicted molar refractivity (Wildman–Crippen MR) is 66.9 cm³/mol. The van der Waals surface area contributed by atoms with Gasteiger partial charge in [0.2, 0.25) is 5.91 Å². The number of carbonyl (C=O) groups is 1. The third-order valence-electron chi connectivity index (χ3n) is 3.68. The molecule has 3 atom stereocenters. The Labute approximate surface area is 107 Å². The van der Waals surface area contributed by atoms with Crippen molar-refractivity contribution in [3.8, 4) is 0 Å². The first kappa shape index (κ1) is 13.8. The van der Waals surface area contributed by atoms with Gasteiger partial charge in [0.05, 0.1) is 23.7 Å². The third-order valence-corrected chi connectivity index (χ3v) is 5.43. The number of carbonyl (C=O) groups excluding carboxylic acids is 1. The summed E-state index contributed by atoms with van der Waals surface area (Å²) in [7, 11) is -2.98. The molecule has 0 saturated carbocycles. The summed E-state index contributed by atoms with van der Waals surface area (Å²) in [6, 6.07) is -0.574. The highest BCUT2D eigenvalue weighted by molar-refractivity contribution is 7.91. The van der Waals surface area contributed by atoms with Gasteiger partial charge in [0.1, 0.15) is 0 Å². The van der Waals surface area contributed by atoms with E-state index < -0.39 is 15.9 Å². The lowest BCUT2D eigenvalue weighted by atomic mass is 10.1. The lowest BCUT2D eigenvalue weighted by Gasteiger charge is -2.29. The summed E-state index contributed by atoms with van der Waals surface area (Å²) in [4.78, 5) is 13.9. The van der Waals surface area contributed by atoms with Crippen LogP contribution in [0.4, 0.5) is 0 Å². The van der Waals surface area contributed by atoms with Gasteiger partial charge in [-0.05, 0) is 19.8 Å². The fourth-order valence-electron chi connectivity index (χ4n) is 2.72. The van der Waals surface area contributed by atoms with E-state index in [2.05, 4.69) is 5.32 Å². The molecule has 2 rings (SSSR count). The minimum atomic E-state index is -2.98. The standard InChI is InChI=1S/C11H20N2O4S/c1-2-13(8-3-4-18(16,17)7-8)11(15)10-5-9(14)6-12-10/h8-10,12,14H,2-7H2,1H3. The van der Waals surface area contributed by atoms with Gasteiger partial charge < -0.3 is 15.3 Å². The van der Waals surface area contributed by atoms with Crippen molar-refractivity contribution < 1.29 is 18.3 Å². The van der Waals surface area contributed by atoms with Crippen LogP contribution in [0.25, 0.3) is 0 Å². The number of amides is 1. The molecule has 7 heteroatoms. The maximum atomic E-state index is 12.3. The largest absolute Gasteiger partial charge is 0.392 e. The maximum absolute atomic E-state index is 12.3. The van der Waals surface area contributed by atoms with Crippen LogP contribution < -0.4 is 5.32 Å². The van der Waals surface area contributed by atoms with E-state index >= 15 is 0 Å². The number of aliphatic hydroxyl groups is 1. The normalized spacial score (nSPS) is 34.7. The molecular formula is C11H20N2O4S. The quantitative estimate of drug-likeness (QED) is 0.672. The second-order valence-corrected chi connectivity index (χ2v) is 7.26. The molecule has 104 valence electrons. The van der Waals surface area contributed by atoms with Crippen molar-refractivity contribution in [1.82, 2.24) is 10.2 Å². The second kappa shape index (κ2) is 5.14. The summed E-state index contributed by atoms with van der Waals surface area (Å²) >= 11 is 0. The molecular weight excluding hydrogens is 256 g/mol. The van der Waals surface area contributed by atoms with Gasteiger partial charge in [0.25, 0.3) is 0 Å². The summed E-state index contributed by atoms with van der Waals surface area (Å²) < 4.78 is 22.9. The molecule has 2 aliphatic heterocycles. The molecule has 2 aliphatic rings. The van der Waals surface area contributed by atoms with E-state index in [4.69, 9.17) is 0 Å². The highest BCUT2D eigenvalue weighted by Gasteiger charge is 2.38. The molecule has 0 spiro atoms.